The Kier molecular flexibility index (Phi) is 9.94. The molecule has 0 radical (unpaired) electrons. The standard InChI is InChI=1S/C36H41ClN2O5S/c1-36(2,3)44-35(41)38(4)26-14-16-27(17-15-26)39(34(40)33-32(37)29-9-7-8-10-31(29)45-33)22-25-21-24(13-20-30(25)43-6)23-11-18-28(42-5)19-12-23/h7-13,18-21,26-27H,14-17,22H2,1-6H3/t26-,27-. The number of nitrogens with zero attached hydrogens (tertiary/aromatic N) is 2. The maximum atomic E-state index is 14.5. The second-order valence-corrected chi connectivity index (χ2v) is 13.9. The molecule has 4 aromatic rings. The first-order chi connectivity index (χ1) is 21.5. The summed E-state index contributed by atoms with van der Waals surface area (Å²) in [5, 5.41) is 1.37. The predicted octanol–water partition coefficient (Wildman–Crippen LogP) is 9.06. The third kappa shape index (κ3) is 7.39. The maximum absolute atomic E-state index is 14.5. The lowest BCUT2D eigenvalue weighted by Crippen LogP contribution is -2.47. The molecule has 1 heterocycles. The molecule has 0 unspecified atom stereocenters. The number of carbonyl (C=O) groups excluding carboxylic acids is 2. The summed E-state index contributed by atoms with van der Waals surface area (Å²) in [6.07, 6.45) is 2.68. The average Bonchev–Trinajstić information content (AvgIpc) is 3.38. The number of fused-ring (bicyclic) bond motifs is 1. The minimum Gasteiger partial charge on any atom is -0.497 e. The lowest BCUT2D eigenvalue weighted by atomic mass is 9.89. The molecular formula is C36H41ClN2O5S. The number of rotatable bonds is 8. The van der Waals surface area contributed by atoms with E-state index in [0.29, 0.717) is 22.2 Å². The van der Waals surface area contributed by atoms with Crippen LogP contribution in [0, 0.1) is 0 Å². The third-order valence-corrected chi connectivity index (χ3v) is 10.0. The second kappa shape index (κ2) is 13.7. The number of thiophene rings is 1. The summed E-state index contributed by atoms with van der Waals surface area (Å²) in [4.78, 5) is 31.4. The van der Waals surface area contributed by atoms with Gasteiger partial charge in [-0.2, -0.15) is 0 Å². The Hall–Kier alpha value is -3.75. The predicted molar refractivity (Wildman–Crippen MR) is 182 cm³/mol. The minimum absolute atomic E-state index is 0.0360. The fourth-order valence-electron chi connectivity index (χ4n) is 5.94. The molecule has 238 valence electrons. The molecule has 0 saturated heterocycles. The van der Waals surface area contributed by atoms with Gasteiger partial charge in [0.1, 0.15) is 22.0 Å². The highest BCUT2D eigenvalue weighted by Crippen LogP contribution is 2.39. The summed E-state index contributed by atoms with van der Waals surface area (Å²) in [6.45, 7) is 5.97. The number of amides is 2. The van der Waals surface area contributed by atoms with Crippen LogP contribution < -0.4 is 9.47 Å². The van der Waals surface area contributed by atoms with Gasteiger partial charge in [-0.05, 0) is 87.9 Å². The van der Waals surface area contributed by atoms with E-state index >= 15 is 0 Å². The smallest absolute Gasteiger partial charge is 0.410 e. The summed E-state index contributed by atoms with van der Waals surface area (Å²) in [5.41, 5.74) is 2.40. The van der Waals surface area contributed by atoms with E-state index in [2.05, 4.69) is 6.07 Å². The molecule has 1 fully saturated rings. The van der Waals surface area contributed by atoms with Crippen LogP contribution in [0.3, 0.4) is 0 Å². The molecule has 0 N–H and O–H groups in total. The normalized spacial score (nSPS) is 16.7. The number of hydrogen-bond donors (Lipinski definition) is 0. The van der Waals surface area contributed by atoms with Crippen molar-refractivity contribution in [3.05, 3.63) is 82.2 Å². The molecule has 7 nitrogen and oxygen atoms in total. The molecule has 5 rings (SSSR count). The van der Waals surface area contributed by atoms with Crippen molar-refractivity contribution in [1.29, 1.82) is 0 Å². The van der Waals surface area contributed by atoms with E-state index in [-0.39, 0.29) is 24.1 Å². The number of methoxy groups -OCH3 is 2. The fraction of sp³-hybridized carbons (Fsp3) is 0.389. The number of benzene rings is 3. The summed E-state index contributed by atoms with van der Waals surface area (Å²) in [7, 11) is 5.10. The van der Waals surface area contributed by atoms with Crippen molar-refractivity contribution in [3.8, 4) is 22.6 Å². The Labute approximate surface area is 274 Å². The molecule has 0 spiro atoms. The SMILES string of the molecule is COc1ccc(-c2ccc(OC)c(CN(C(=O)c3sc4ccccc4c3Cl)[C@H]3CC[C@H](N(C)C(=O)OC(C)(C)C)CC3)c2)cc1. The Morgan fingerprint density at radius 2 is 1.53 bits per heavy atom. The lowest BCUT2D eigenvalue weighted by Gasteiger charge is -2.40. The van der Waals surface area contributed by atoms with Crippen LogP contribution in [0.1, 0.15) is 61.7 Å². The highest BCUT2D eigenvalue weighted by atomic mass is 35.5. The first kappa shape index (κ1) is 32.6. The number of carbonyl (C=O) groups is 2. The van der Waals surface area contributed by atoms with Crippen LogP contribution in [0.15, 0.2) is 66.7 Å². The number of halogens is 1. The zero-order valence-corrected chi connectivity index (χ0v) is 28.3. The number of hydrogen-bond acceptors (Lipinski definition) is 6. The van der Waals surface area contributed by atoms with Gasteiger partial charge in [-0.1, -0.05) is 48.0 Å². The summed E-state index contributed by atoms with van der Waals surface area (Å²) in [5.74, 6) is 1.41. The van der Waals surface area contributed by atoms with Crippen LogP contribution in [0.4, 0.5) is 4.79 Å². The van der Waals surface area contributed by atoms with Crippen LogP contribution >= 0.6 is 22.9 Å². The topological polar surface area (TPSA) is 68.3 Å². The summed E-state index contributed by atoms with van der Waals surface area (Å²) in [6, 6.07) is 21.8. The maximum Gasteiger partial charge on any atom is 0.410 e. The van der Waals surface area contributed by atoms with E-state index in [1.807, 2.05) is 86.3 Å². The zero-order valence-electron chi connectivity index (χ0n) is 26.8. The molecular weight excluding hydrogens is 608 g/mol. The van der Waals surface area contributed by atoms with Gasteiger partial charge in [-0.3, -0.25) is 4.79 Å². The molecule has 9 heteroatoms. The van der Waals surface area contributed by atoms with Crippen molar-refractivity contribution in [2.45, 2.75) is 70.7 Å². The van der Waals surface area contributed by atoms with Crippen molar-refractivity contribution in [2.75, 3.05) is 21.3 Å². The van der Waals surface area contributed by atoms with Crippen molar-refractivity contribution < 1.29 is 23.8 Å². The Bertz CT molecular complexity index is 1650. The van der Waals surface area contributed by atoms with Crippen LogP contribution in [-0.2, 0) is 11.3 Å². The largest absolute Gasteiger partial charge is 0.497 e. The molecule has 1 aliphatic rings. The van der Waals surface area contributed by atoms with E-state index in [9.17, 15) is 9.59 Å². The molecule has 1 saturated carbocycles. The molecule has 0 bridgehead atoms. The van der Waals surface area contributed by atoms with Gasteiger partial charge < -0.3 is 24.0 Å². The Morgan fingerprint density at radius 1 is 0.889 bits per heavy atom. The zero-order chi connectivity index (χ0) is 32.3. The molecule has 1 aromatic heterocycles. The fourth-order valence-corrected chi connectivity index (χ4v) is 7.41. The van der Waals surface area contributed by atoms with E-state index in [1.54, 1.807) is 26.2 Å². The highest BCUT2D eigenvalue weighted by Gasteiger charge is 2.35. The quantitative estimate of drug-likeness (QED) is 0.191. The van der Waals surface area contributed by atoms with Crippen molar-refractivity contribution in [3.63, 3.8) is 0 Å². The van der Waals surface area contributed by atoms with Crippen molar-refractivity contribution in [1.82, 2.24) is 9.80 Å². The van der Waals surface area contributed by atoms with Crippen molar-refractivity contribution in [2.24, 2.45) is 0 Å². The molecule has 2 amide bonds. The summed E-state index contributed by atoms with van der Waals surface area (Å²) >= 11 is 8.28. The monoisotopic (exact) mass is 648 g/mol. The van der Waals surface area contributed by atoms with Gasteiger partial charge in [0, 0.05) is 41.3 Å². The van der Waals surface area contributed by atoms with Crippen molar-refractivity contribution >= 4 is 45.0 Å². The van der Waals surface area contributed by atoms with Gasteiger partial charge >= 0.3 is 6.09 Å². The van der Waals surface area contributed by atoms with Crippen LogP contribution in [0.5, 0.6) is 11.5 Å². The molecule has 0 aliphatic heterocycles. The van der Waals surface area contributed by atoms with Gasteiger partial charge in [-0.25, -0.2) is 4.79 Å². The van der Waals surface area contributed by atoms with E-state index in [4.69, 9.17) is 25.8 Å². The van der Waals surface area contributed by atoms with E-state index in [1.165, 1.54) is 11.3 Å². The Balaban J connectivity index is 1.45. The second-order valence-electron chi connectivity index (χ2n) is 12.5. The first-order valence-corrected chi connectivity index (χ1v) is 16.4. The van der Waals surface area contributed by atoms with Gasteiger partial charge in [0.2, 0.25) is 0 Å². The minimum atomic E-state index is -0.561. The molecule has 1 aliphatic carbocycles. The van der Waals surface area contributed by atoms with Crippen LogP contribution in [0.2, 0.25) is 5.02 Å². The number of ether oxygens (including phenoxy) is 3. The molecule has 0 atom stereocenters. The third-order valence-electron chi connectivity index (χ3n) is 8.37. The van der Waals surface area contributed by atoms with Gasteiger partial charge in [-0.15, -0.1) is 11.3 Å². The Morgan fingerprint density at radius 3 is 2.16 bits per heavy atom. The van der Waals surface area contributed by atoms with Gasteiger partial charge in [0.15, 0.2) is 0 Å². The molecule has 3 aromatic carbocycles. The van der Waals surface area contributed by atoms with E-state index in [0.717, 1.165) is 58.2 Å². The average molecular weight is 649 g/mol. The first-order valence-electron chi connectivity index (χ1n) is 15.2. The molecule has 45 heavy (non-hydrogen) atoms. The highest BCUT2D eigenvalue weighted by molar-refractivity contribution is 7.21. The van der Waals surface area contributed by atoms with E-state index < -0.39 is 5.60 Å². The summed E-state index contributed by atoms with van der Waals surface area (Å²) < 4.78 is 17.7. The van der Waals surface area contributed by atoms with Crippen LogP contribution in [-0.4, -0.2) is 60.8 Å². The van der Waals surface area contributed by atoms with Gasteiger partial charge in [0.25, 0.3) is 5.91 Å². The lowest BCUT2D eigenvalue weighted by molar-refractivity contribution is 0.0144. The van der Waals surface area contributed by atoms with Gasteiger partial charge in [0.05, 0.1) is 19.2 Å². The van der Waals surface area contributed by atoms with Crippen LogP contribution in [0.25, 0.3) is 21.2 Å².